The number of hydrogen-bond donors (Lipinski definition) is 0. The van der Waals surface area contributed by atoms with Crippen molar-refractivity contribution < 1.29 is 13.2 Å². The third kappa shape index (κ3) is 3.92. The van der Waals surface area contributed by atoms with Gasteiger partial charge >= 0.3 is 0 Å². The number of piperidine rings is 1. The highest BCUT2D eigenvalue weighted by Gasteiger charge is 2.29. The molecule has 1 heterocycles. The number of hydrogen-bond acceptors (Lipinski definition) is 3. The first kappa shape index (κ1) is 16.2. The minimum atomic E-state index is -3.48. The molecule has 0 amide bonds. The zero-order valence-corrected chi connectivity index (χ0v) is 13.5. The Morgan fingerprint density at radius 1 is 1.29 bits per heavy atom. The fourth-order valence-electron chi connectivity index (χ4n) is 2.72. The van der Waals surface area contributed by atoms with Gasteiger partial charge in [0.1, 0.15) is 6.29 Å². The Morgan fingerprint density at radius 3 is 2.52 bits per heavy atom. The minimum absolute atomic E-state index is 0.172. The van der Waals surface area contributed by atoms with Gasteiger partial charge < -0.3 is 4.79 Å². The average Bonchev–Trinajstić information content (AvgIpc) is 2.47. The van der Waals surface area contributed by atoms with Crippen molar-refractivity contribution in [3.05, 3.63) is 29.8 Å². The highest BCUT2D eigenvalue weighted by Crippen LogP contribution is 2.23. The monoisotopic (exact) mass is 309 g/mol. The largest absolute Gasteiger partial charge is 0.303 e. The summed E-state index contributed by atoms with van der Waals surface area (Å²) in [5.41, 5.74) is 1.15. The maximum absolute atomic E-state index is 12.6. The van der Waals surface area contributed by atoms with E-state index in [2.05, 4.69) is 13.8 Å². The molecule has 1 unspecified atom stereocenters. The van der Waals surface area contributed by atoms with E-state index >= 15 is 0 Å². The van der Waals surface area contributed by atoms with Crippen LogP contribution < -0.4 is 0 Å². The molecule has 0 spiro atoms. The maximum Gasteiger partial charge on any atom is 0.243 e. The standard InChI is InChI=1S/C16H23NO3S/c1-13(2)10-14-5-7-16(8-6-14)21(19,20)17-9-3-4-15(11-17)12-18/h5-8,12-13,15H,3-4,9-11H2,1-2H3. The van der Waals surface area contributed by atoms with Crippen molar-refractivity contribution in [1.82, 2.24) is 4.31 Å². The van der Waals surface area contributed by atoms with Gasteiger partial charge in [0.15, 0.2) is 0 Å². The molecule has 21 heavy (non-hydrogen) atoms. The number of benzene rings is 1. The Labute approximate surface area is 127 Å². The molecule has 0 aromatic heterocycles. The Hall–Kier alpha value is -1.20. The fourth-order valence-corrected chi connectivity index (χ4v) is 4.26. The van der Waals surface area contributed by atoms with Gasteiger partial charge in [-0.1, -0.05) is 26.0 Å². The molecule has 0 bridgehead atoms. The fraction of sp³-hybridized carbons (Fsp3) is 0.562. The predicted molar refractivity (Wildman–Crippen MR) is 82.5 cm³/mol. The summed E-state index contributed by atoms with van der Waals surface area (Å²) in [4.78, 5) is 11.2. The Bertz CT molecular complexity index is 578. The second kappa shape index (κ2) is 6.71. The first-order chi connectivity index (χ1) is 9.93. The third-order valence-corrected chi connectivity index (χ3v) is 5.70. The van der Waals surface area contributed by atoms with Crippen LogP contribution in [0.2, 0.25) is 0 Å². The lowest BCUT2D eigenvalue weighted by atomic mass is 10.0. The highest BCUT2D eigenvalue weighted by molar-refractivity contribution is 7.89. The molecular weight excluding hydrogens is 286 g/mol. The maximum atomic E-state index is 12.6. The van der Waals surface area contributed by atoms with Crippen molar-refractivity contribution in [3.63, 3.8) is 0 Å². The molecule has 1 fully saturated rings. The van der Waals surface area contributed by atoms with E-state index in [9.17, 15) is 13.2 Å². The Balaban J connectivity index is 2.17. The van der Waals surface area contributed by atoms with Gasteiger partial charge in [-0.2, -0.15) is 4.31 Å². The molecule has 1 aromatic rings. The summed E-state index contributed by atoms with van der Waals surface area (Å²) in [5.74, 6) is 0.372. The Morgan fingerprint density at radius 2 is 1.95 bits per heavy atom. The van der Waals surface area contributed by atoms with Crippen LogP contribution in [0.1, 0.15) is 32.3 Å². The van der Waals surface area contributed by atoms with Crippen LogP contribution in [0, 0.1) is 11.8 Å². The van der Waals surface area contributed by atoms with Gasteiger partial charge in [0, 0.05) is 19.0 Å². The molecule has 0 saturated carbocycles. The number of rotatable bonds is 5. The van der Waals surface area contributed by atoms with E-state index < -0.39 is 10.0 Å². The summed E-state index contributed by atoms with van der Waals surface area (Å²) >= 11 is 0. The summed E-state index contributed by atoms with van der Waals surface area (Å²) in [6.45, 7) is 5.08. The molecule has 5 heteroatoms. The van der Waals surface area contributed by atoms with Crippen LogP contribution in [0.15, 0.2) is 29.2 Å². The summed E-state index contributed by atoms with van der Waals surface area (Å²) in [6, 6.07) is 7.12. The number of aldehydes is 1. The van der Waals surface area contributed by atoms with Crippen LogP contribution >= 0.6 is 0 Å². The lowest BCUT2D eigenvalue weighted by Crippen LogP contribution is -2.40. The number of sulfonamides is 1. The van der Waals surface area contributed by atoms with Crippen molar-refractivity contribution >= 4 is 16.3 Å². The van der Waals surface area contributed by atoms with Gasteiger partial charge in [0.25, 0.3) is 0 Å². The number of carbonyl (C=O) groups excluding carboxylic acids is 1. The lowest BCUT2D eigenvalue weighted by Gasteiger charge is -2.29. The lowest BCUT2D eigenvalue weighted by molar-refractivity contribution is -0.112. The molecule has 116 valence electrons. The second-order valence-electron chi connectivity index (χ2n) is 6.14. The van der Waals surface area contributed by atoms with Gasteiger partial charge in [-0.25, -0.2) is 8.42 Å². The van der Waals surface area contributed by atoms with Gasteiger partial charge in [-0.3, -0.25) is 0 Å². The highest BCUT2D eigenvalue weighted by atomic mass is 32.2. The zero-order valence-electron chi connectivity index (χ0n) is 12.7. The van der Waals surface area contributed by atoms with Crippen molar-refractivity contribution in [2.45, 2.75) is 38.0 Å². The summed E-state index contributed by atoms with van der Waals surface area (Å²) in [7, 11) is -3.48. The van der Waals surface area contributed by atoms with E-state index in [1.54, 1.807) is 12.1 Å². The van der Waals surface area contributed by atoms with Crippen LogP contribution in [0.3, 0.4) is 0 Å². The summed E-state index contributed by atoms with van der Waals surface area (Å²) in [5, 5.41) is 0. The van der Waals surface area contributed by atoms with Crippen molar-refractivity contribution in [3.8, 4) is 0 Å². The first-order valence-corrected chi connectivity index (χ1v) is 8.92. The van der Waals surface area contributed by atoms with E-state index in [0.717, 1.165) is 31.1 Å². The van der Waals surface area contributed by atoms with E-state index in [0.29, 0.717) is 23.9 Å². The van der Waals surface area contributed by atoms with Crippen LogP contribution in [-0.2, 0) is 21.2 Å². The molecule has 0 N–H and O–H groups in total. The van der Waals surface area contributed by atoms with Gasteiger partial charge in [-0.15, -0.1) is 0 Å². The number of carbonyl (C=O) groups is 1. The van der Waals surface area contributed by atoms with Gasteiger partial charge in [0.05, 0.1) is 4.90 Å². The minimum Gasteiger partial charge on any atom is -0.303 e. The molecule has 4 nitrogen and oxygen atoms in total. The van der Waals surface area contributed by atoms with Crippen molar-refractivity contribution in [2.75, 3.05) is 13.1 Å². The van der Waals surface area contributed by atoms with Crippen LogP contribution in [0.5, 0.6) is 0 Å². The Kier molecular flexibility index (Phi) is 5.17. The molecule has 0 aliphatic carbocycles. The van der Waals surface area contributed by atoms with Crippen LogP contribution in [0.25, 0.3) is 0 Å². The molecule has 1 aliphatic heterocycles. The van der Waals surface area contributed by atoms with Crippen molar-refractivity contribution in [1.29, 1.82) is 0 Å². The SMILES string of the molecule is CC(C)Cc1ccc(S(=O)(=O)N2CCCC(C=O)C2)cc1. The molecule has 0 radical (unpaired) electrons. The first-order valence-electron chi connectivity index (χ1n) is 7.48. The third-order valence-electron chi connectivity index (χ3n) is 3.82. The zero-order chi connectivity index (χ0) is 15.5. The van der Waals surface area contributed by atoms with Gasteiger partial charge in [0.2, 0.25) is 10.0 Å². The smallest absolute Gasteiger partial charge is 0.243 e. The van der Waals surface area contributed by atoms with Crippen LogP contribution in [-0.4, -0.2) is 32.1 Å². The normalized spacial score (nSPS) is 20.6. The van der Waals surface area contributed by atoms with E-state index in [1.807, 2.05) is 12.1 Å². The molecular formula is C16H23NO3S. The van der Waals surface area contributed by atoms with E-state index in [1.165, 1.54) is 4.31 Å². The molecule has 1 aromatic carbocycles. The molecule has 1 saturated heterocycles. The average molecular weight is 309 g/mol. The molecule has 2 rings (SSSR count). The van der Waals surface area contributed by atoms with Crippen molar-refractivity contribution in [2.24, 2.45) is 11.8 Å². The van der Waals surface area contributed by atoms with E-state index in [-0.39, 0.29) is 5.92 Å². The molecule has 1 atom stereocenters. The summed E-state index contributed by atoms with van der Waals surface area (Å²) in [6.07, 6.45) is 3.33. The number of nitrogens with zero attached hydrogens (tertiary/aromatic N) is 1. The topological polar surface area (TPSA) is 54.5 Å². The van der Waals surface area contributed by atoms with Crippen LogP contribution in [0.4, 0.5) is 0 Å². The summed E-state index contributed by atoms with van der Waals surface area (Å²) < 4.78 is 26.6. The van der Waals surface area contributed by atoms with Gasteiger partial charge in [-0.05, 0) is 42.9 Å². The second-order valence-corrected chi connectivity index (χ2v) is 8.08. The van der Waals surface area contributed by atoms with E-state index in [4.69, 9.17) is 0 Å². The predicted octanol–water partition coefficient (Wildman–Crippen LogP) is 2.48. The quantitative estimate of drug-likeness (QED) is 0.785. The molecule has 1 aliphatic rings.